The highest BCUT2D eigenvalue weighted by atomic mass is 16.6. The number of phenols is 1. The maximum Gasteiger partial charge on any atom is 0.333 e. The van der Waals surface area contributed by atoms with E-state index in [1.54, 1.807) is 38.2 Å². The van der Waals surface area contributed by atoms with Crippen LogP contribution < -0.4 is 5.32 Å². The third-order valence-corrected chi connectivity index (χ3v) is 2.81. The molecular formula is C12H14N4O3. The number of aromatic nitrogens is 2. The Labute approximate surface area is 109 Å². The third kappa shape index (κ3) is 2.49. The maximum atomic E-state index is 11.0. The molecule has 100 valence electrons. The molecule has 19 heavy (non-hydrogen) atoms. The number of aromatic hydroxyl groups is 1. The maximum absolute atomic E-state index is 11.0. The zero-order valence-electron chi connectivity index (χ0n) is 10.6. The average Bonchev–Trinajstić information content (AvgIpc) is 2.63. The van der Waals surface area contributed by atoms with Crippen LogP contribution in [0.15, 0.2) is 24.3 Å². The van der Waals surface area contributed by atoms with Crippen LogP contribution in [-0.2, 0) is 13.6 Å². The molecule has 0 unspecified atom stereocenters. The Bertz CT molecular complexity index is 621. The van der Waals surface area contributed by atoms with E-state index in [1.807, 2.05) is 0 Å². The number of anilines is 1. The molecule has 0 bridgehead atoms. The van der Waals surface area contributed by atoms with Crippen molar-refractivity contribution in [2.75, 3.05) is 5.32 Å². The molecule has 0 aliphatic heterocycles. The van der Waals surface area contributed by atoms with Gasteiger partial charge in [0.05, 0.1) is 4.92 Å². The molecule has 1 aromatic heterocycles. The average molecular weight is 262 g/mol. The fourth-order valence-corrected chi connectivity index (χ4v) is 1.90. The summed E-state index contributed by atoms with van der Waals surface area (Å²) in [6.07, 6.45) is 0. The van der Waals surface area contributed by atoms with Crippen molar-refractivity contribution in [1.82, 2.24) is 9.78 Å². The molecule has 0 spiro atoms. The molecule has 7 heteroatoms. The Hall–Kier alpha value is -2.57. The van der Waals surface area contributed by atoms with E-state index >= 15 is 0 Å². The fraction of sp³-hybridized carbons (Fsp3) is 0.250. The molecule has 2 rings (SSSR count). The first-order valence-electron chi connectivity index (χ1n) is 5.69. The Balaban J connectivity index is 2.25. The van der Waals surface area contributed by atoms with Crippen LogP contribution in [0.3, 0.4) is 0 Å². The molecule has 0 atom stereocenters. The predicted molar refractivity (Wildman–Crippen MR) is 70.0 cm³/mol. The summed E-state index contributed by atoms with van der Waals surface area (Å²) in [7, 11) is 1.63. The zero-order chi connectivity index (χ0) is 14.0. The Morgan fingerprint density at radius 1 is 1.47 bits per heavy atom. The third-order valence-electron chi connectivity index (χ3n) is 2.81. The Morgan fingerprint density at radius 2 is 2.16 bits per heavy atom. The van der Waals surface area contributed by atoms with Crippen LogP contribution in [0.2, 0.25) is 0 Å². The summed E-state index contributed by atoms with van der Waals surface area (Å²) in [6.45, 7) is 1.87. The summed E-state index contributed by atoms with van der Waals surface area (Å²) >= 11 is 0. The number of hydrogen-bond donors (Lipinski definition) is 2. The number of nitro groups is 1. The molecule has 1 heterocycles. The quantitative estimate of drug-likeness (QED) is 0.649. The molecule has 2 aromatic rings. The van der Waals surface area contributed by atoms with E-state index in [9.17, 15) is 15.2 Å². The molecule has 0 aliphatic carbocycles. The van der Waals surface area contributed by atoms with Gasteiger partial charge in [-0.15, -0.1) is 0 Å². The minimum atomic E-state index is -0.463. The first kappa shape index (κ1) is 12.9. The van der Waals surface area contributed by atoms with Crippen LogP contribution in [-0.4, -0.2) is 19.8 Å². The largest absolute Gasteiger partial charge is 0.508 e. The minimum absolute atomic E-state index is 0.0436. The summed E-state index contributed by atoms with van der Waals surface area (Å²) < 4.78 is 1.42. The monoisotopic (exact) mass is 262 g/mol. The first-order valence-corrected chi connectivity index (χ1v) is 5.69. The molecule has 0 saturated carbocycles. The van der Waals surface area contributed by atoms with E-state index in [-0.39, 0.29) is 18.0 Å². The number of nitrogens with one attached hydrogen (secondary N) is 1. The number of rotatable bonds is 4. The van der Waals surface area contributed by atoms with Gasteiger partial charge >= 0.3 is 5.69 Å². The van der Waals surface area contributed by atoms with Crippen molar-refractivity contribution in [3.63, 3.8) is 0 Å². The lowest BCUT2D eigenvalue weighted by Gasteiger charge is -2.07. The molecule has 0 aliphatic rings. The minimum Gasteiger partial charge on any atom is -0.508 e. The summed E-state index contributed by atoms with van der Waals surface area (Å²) in [5, 5.41) is 27.6. The first-order chi connectivity index (χ1) is 9.00. The lowest BCUT2D eigenvalue weighted by Crippen LogP contribution is -2.06. The van der Waals surface area contributed by atoms with Gasteiger partial charge in [-0.1, -0.05) is 18.2 Å². The van der Waals surface area contributed by atoms with Crippen LogP contribution in [0.5, 0.6) is 5.75 Å². The van der Waals surface area contributed by atoms with Crippen molar-refractivity contribution in [1.29, 1.82) is 0 Å². The van der Waals surface area contributed by atoms with E-state index in [1.165, 1.54) is 4.68 Å². The number of hydrogen-bond acceptors (Lipinski definition) is 5. The Morgan fingerprint density at radius 3 is 2.79 bits per heavy atom. The van der Waals surface area contributed by atoms with Gasteiger partial charge in [0.2, 0.25) is 5.82 Å². The van der Waals surface area contributed by atoms with Crippen LogP contribution >= 0.6 is 0 Å². The van der Waals surface area contributed by atoms with Crippen molar-refractivity contribution < 1.29 is 10.0 Å². The van der Waals surface area contributed by atoms with Crippen molar-refractivity contribution in [3.05, 3.63) is 45.6 Å². The van der Waals surface area contributed by atoms with E-state index in [4.69, 9.17) is 0 Å². The highest BCUT2D eigenvalue weighted by Crippen LogP contribution is 2.28. The van der Waals surface area contributed by atoms with Crippen LogP contribution in [0.25, 0.3) is 0 Å². The van der Waals surface area contributed by atoms with Gasteiger partial charge in [0, 0.05) is 19.2 Å². The van der Waals surface area contributed by atoms with Gasteiger partial charge in [-0.2, -0.15) is 5.10 Å². The lowest BCUT2D eigenvalue weighted by atomic mass is 10.2. The molecule has 2 N–H and O–H groups in total. The number of nitrogens with zero attached hydrogens (tertiary/aromatic N) is 3. The van der Waals surface area contributed by atoms with E-state index in [0.29, 0.717) is 17.1 Å². The topological polar surface area (TPSA) is 93.2 Å². The second-order valence-electron chi connectivity index (χ2n) is 4.15. The molecule has 7 nitrogen and oxygen atoms in total. The van der Waals surface area contributed by atoms with Gasteiger partial charge in [-0.25, -0.2) is 4.68 Å². The predicted octanol–water partition coefficient (Wildman–Crippen LogP) is 1.95. The molecule has 0 radical (unpaired) electrons. The highest BCUT2D eigenvalue weighted by Gasteiger charge is 2.23. The van der Waals surface area contributed by atoms with E-state index < -0.39 is 4.92 Å². The van der Waals surface area contributed by atoms with Gasteiger partial charge in [0.1, 0.15) is 11.4 Å². The van der Waals surface area contributed by atoms with Crippen LogP contribution in [0.4, 0.5) is 11.5 Å². The van der Waals surface area contributed by atoms with Gasteiger partial charge in [0.15, 0.2) is 0 Å². The highest BCUT2D eigenvalue weighted by molar-refractivity contribution is 5.59. The van der Waals surface area contributed by atoms with Crippen LogP contribution in [0.1, 0.15) is 11.3 Å². The number of para-hydroxylation sites is 1. The summed E-state index contributed by atoms with van der Waals surface area (Å²) in [4.78, 5) is 10.5. The molecule has 1 aromatic carbocycles. The van der Waals surface area contributed by atoms with Gasteiger partial charge < -0.3 is 10.4 Å². The number of aryl methyl sites for hydroxylation is 2. The Kier molecular flexibility index (Phi) is 3.37. The zero-order valence-corrected chi connectivity index (χ0v) is 10.6. The van der Waals surface area contributed by atoms with Crippen molar-refractivity contribution >= 4 is 11.5 Å². The van der Waals surface area contributed by atoms with E-state index in [2.05, 4.69) is 10.4 Å². The standard InChI is InChI=1S/C12H14N4O3/c1-8-11(16(18)19)12(15(2)14-8)13-7-9-5-3-4-6-10(9)17/h3-6,13,17H,7H2,1-2H3. The summed E-state index contributed by atoms with van der Waals surface area (Å²) in [5.41, 5.74) is 0.973. The molecule has 0 saturated heterocycles. The van der Waals surface area contributed by atoms with Crippen molar-refractivity contribution in [3.8, 4) is 5.75 Å². The molecule has 0 fully saturated rings. The van der Waals surface area contributed by atoms with Crippen molar-refractivity contribution in [2.45, 2.75) is 13.5 Å². The second kappa shape index (κ2) is 4.97. The lowest BCUT2D eigenvalue weighted by molar-refractivity contribution is -0.384. The number of benzene rings is 1. The SMILES string of the molecule is Cc1nn(C)c(NCc2ccccc2O)c1[N+](=O)[O-]. The fourth-order valence-electron chi connectivity index (χ4n) is 1.90. The normalized spacial score (nSPS) is 10.4. The van der Waals surface area contributed by atoms with Crippen molar-refractivity contribution in [2.24, 2.45) is 7.05 Å². The van der Waals surface area contributed by atoms with Gasteiger partial charge in [0.25, 0.3) is 0 Å². The second-order valence-corrected chi connectivity index (χ2v) is 4.15. The summed E-state index contributed by atoms with van der Waals surface area (Å²) in [6, 6.07) is 6.83. The van der Waals surface area contributed by atoms with Gasteiger partial charge in [-0.3, -0.25) is 10.1 Å². The number of phenolic OH excluding ortho intramolecular Hbond substituents is 1. The smallest absolute Gasteiger partial charge is 0.333 e. The van der Waals surface area contributed by atoms with Gasteiger partial charge in [-0.05, 0) is 13.0 Å². The summed E-state index contributed by atoms with van der Waals surface area (Å²) in [5.74, 6) is 0.474. The van der Waals surface area contributed by atoms with Crippen LogP contribution in [0, 0.1) is 17.0 Å². The molecular weight excluding hydrogens is 248 g/mol. The molecule has 0 amide bonds. The van der Waals surface area contributed by atoms with E-state index in [0.717, 1.165) is 0 Å².